The van der Waals surface area contributed by atoms with Crippen molar-refractivity contribution in [1.82, 2.24) is 0 Å². The van der Waals surface area contributed by atoms with Gasteiger partial charge in [0.05, 0.1) is 13.2 Å². The smallest absolute Gasteiger partial charge is 0.348 e. The van der Waals surface area contributed by atoms with Crippen LogP contribution in [0.5, 0.6) is 0 Å². The molecule has 3 aromatic carbocycles. The van der Waals surface area contributed by atoms with E-state index in [0.29, 0.717) is 12.1 Å². The van der Waals surface area contributed by atoms with E-state index in [1.165, 1.54) is 0 Å². The molecule has 0 N–H and O–H groups in total. The van der Waals surface area contributed by atoms with E-state index in [-0.39, 0.29) is 24.7 Å². The largest absolute Gasteiger partial charge is 0.422 e. The Morgan fingerprint density at radius 2 is 1.34 bits per heavy atom. The van der Waals surface area contributed by atoms with Crippen LogP contribution in [0.2, 0.25) is 0 Å². The van der Waals surface area contributed by atoms with Gasteiger partial charge in [0, 0.05) is 17.0 Å². The summed E-state index contributed by atoms with van der Waals surface area (Å²) in [7, 11) is 0. The van der Waals surface area contributed by atoms with Crippen LogP contribution in [0.25, 0.3) is 11.1 Å². The highest BCUT2D eigenvalue weighted by Crippen LogP contribution is 2.38. The predicted octanol–water partition coefficient (Wildman–Crippen LogP) is 6.76. The van der Waals surface area contributed by atoms with Crippen molar-refractivity contribution in [3.8, 4) is 11.1 Å². The standard InChI is InChI=1S/C23H15F7O2/c24-17-8-13(9-18(25)19(17)23(28,29)30)15-6-7-16(21(27)20(15)26)22-31-10-14(11-32-22)12-4-2-1-3-5-12/h1-9,14,22H,10-11H2. The molecule has 0 aromatic heterocycles. The number of alkyl halides is 3. The Bertz CT molecular complexity index is 1100. The molecule has 0 atom stereocenters. The topological polar surface area (TPSA) is 18.5 Å². The van der Waals surface area contributed by atoms with E-state index >= 15 is 0 Å². The summed E-state index contributed by atoms with van der Waals surface area (Å²) in [5, 5.41) is 0. The number of halogens is 7. The summed E-state index contributed by atoms with van der Waals surface area (Å²) < 4.78 is 106. The summed E-state index contributed by atoms with van der Waals surface area (Å²) in [5.41, 5.74) is -2.60. The number of ether oxygens (including phenoxy) is 2. The molecular formula is C23H15F7O2. The van der Waals surface area contributed by atoms with Crippen molar-refractivity contribution in [3.63, 3.8) is 0 Å². The van der Waals surface area contributed by atoms with Crippen LogP contribution < -0.4 is 0 Å². The molecule has 0 saturated carbocycles. The maximum absolute atomic E-state index is 14.7. The van der Waals surface area contributed by atoms with Gasteiger partial charge in [0.2, 0.25) is 0 Å². The molecule has 0 radical (unpaired) electrons. The SMILES string of the molecule is Fc1cc(-c2ccc(C3OCC(c4ccccc4)CO3)c(F)c2F)cc(F)c1C(F)(F)F. The molecule has 1 saturated heterocycles. The van der Waals surface area contributed by atoms with Gasteiger partial charge >= 0.3 is 6.18 Å². The molecule has 9 heteroatoms. The molecule has 2 nitrogen and oxygen atoms in total. The summed E-state index contributed by atoms with van der Waals surface area (Å²) in [5.74, 6) is -6.83. The van der Waals surface area contributed by atoms with Crippen LogP contribution in [0.1, 0.15) is 28.9 Å². The summed E-state index contributed by atoms with van der Waals surface area (Å²) in [6.07, 6.45) is -6.48. The second-order valence-electron chi connectivity index (χ2n) is 7.25. The van der Waals surface area contributed by atoms with Crippen molar-refractivity contribution >= 4 is 0 Å². The van der Waals surface area contributed by atoms with E-state index in [1.54, 1.807) is 0 Å². The highest BCUT2D eigenvalue weighted by molar-refractivity contribution is 5.65. The van der Waals surface area contributed by atoms with Crippen molar-refractivity contribution in [2.24, 2.45) is 0 Å². The lowest BCUT2D eigenvalue weighted by Gasteiger charge is -2.30. The van der Waals surface area contributed by atoms with Crippen LogP contribution in [-0.4, -0.2) is 13.2 Å². The monoisotopic (exact) mass is 456 g/mol. The summed E-state index contributed by atoms with van der Waals surface area (Å²) >= 11 is 0. The van der Waals surface area contributed by atoms with Gasteiger partial charge in [0.15, 0.2) is 17.9 Å². The third-order valence-corrected chi connectivity index (χ3v) is 5.17. The Hall–Kier alpha value is -2.91. The predicted molar refractivity (Wildman–Crippen MR) is 101 cm³/mol. The minimum atomic E-state index is -5.27. The van der Waals surface area contributed by atoms with E-state index in [4.69, 9.17) is 9.47 Å². The van der Waals surface area contributed by atoms with Crippen LogP contribution >= 0.6 is 0 Å². The quantitative estimate of drug-likeness (QED) is 0.406. The second-order valence-corrected chi connectivity index (χ2v) is 7.25. The highest BCUT2D eigenvalue weighted by atomic mass is 19.4. The first-order valence-corrected chi connectivity index (χ1v) is 9.49. The Morgan fingerprint density at radius 3 is 1.91 bits per heavy atom. The van der Waals surface area contributed by atoms with Gasteiger partial charge in [-0.15, -0.1) is 0 Å². The van der Waals surface area contributed by atoms with Crippen molar-refractivity contribution in [2.75, 3.05) is 13.2 Å². The second kappa shape index (κ2) is 8.55. The third-order valence-electron chi connectivity index (χ3n) is 5.17. The number of hydrogen-bond acceptors (Lipinski definition) is 2. The maximum Gasteiger partial charge on any atom is 0.422 e. The summed E-state index contributed by atoms with van der Waals surface area (Å²) in [4.78, 5) is 0. The van der Waals surface area contributed by atoms with Gasteiger partial charge in [-0.1, -0.05) is 42.5 Å². The molecule has 1 aliphatic heterocycles. The number of benzene rings is 3. The third kappa shape index (κ3) is 4.22. The van der Waals surface area contributed by atoms with E-state index in [0.717, 1.165) is 17.7 Å². The minimum Gasteiger partial charge on any atom is -0.348 e. The van der Waals surface area contributed by atoms with Gasteiger partial charge in [0.25, 0.3) is 0 Å². The highest BCUT2D eigenvalue weighted by Gasteiger charge is 2.38. The first-order chi connectivity index (χ1) is 15.2. The zero-order valence-electron chi connectivity index (χ0n) is 16.2. The van der Waals surface area contributed by atoms with Crippen LogP contribution in [0, 0.1) is 23.3 Å². The van der Waals surface area contributed by atoms with Crippen LogP contribution in [0.4, 0.5) is 30.7 Å². The van der Waals surface area contributed by atoms with Crippen LogP contribution in [-0.2, 0) is 15.7 Å². The average Bonchev–Trinajstić information content (AvgIpc) is 2.75. The van der Waals surface area contributed by atoms with Gasteiger partial charge in [-0.2, -0.15) is 13.2 Å². The Kier molecular flexibility index (Phi) is 5.96. The van der Waals surface area contributed by atoms with Crippen LogP contribution in [0.3, 0.4) is 0 Å². The molecule has 0 aliphatic carbocycles. The van der Waals surface area contributed by atoms with Gasteiger partial charge in [-0.05, 0) is 23.3 Å². The van der Waals surface area contributed by atoms with E-state index in [9.17, 15) is 30.7 Å². The molecule has 32 heavy (non-hydrogen) atoms. The molecule has 0 spiro atoms. The number of hydrogen-bond donors (Lipinski definition) is 0. The molecule has 1 heterocycles. The number of rotatable bonds is 3. The molecule has 0 amide bonds. The van der Waals surface area contributed by atoms with Crippen molar-refractivity contribution < 1.29 is 40.2 Å². The lowest BCUT2D eigenvalue weighted by Crippen LogP contribution is -2.26. The van der Waals surface area contributed by atoms with E-state index < -0.39 is 52.4 Å². The molecule has 0 bridgehead atoms. The van der Waals surface area contributed by atoms with Crippen molar-refractivity contribution in [1.29, 1.82) is 0 Å². The fraction of sp³-hybridized carbons (Fsp3) is 0.217. The lowest BCUT2D eigenvalue weighted by molar-refractivity contribution is -0.193. The summed E-state index contributed by atoms with van der Waals surface area (Å²) in [6, 6.07) is 12.0. The molecule has 3 aromatic rings. The fourth-order valence-electron chi connectivity index (χ4n) is 3.57. The lowest BCUT2D eigenvalue weighted by atomic mass is 9.98. The van der Waals surface area contributed by atoms with Crippen molar-refractivity contribution in [3.05, 3.63) is 94.6 Å². The normalized spacial score (nSPS) is 19.2. The Labute approximate surface area is 178 Å². The molecular weight excluding hydrogens is 441 g/mol. The maximum atomic E-state index is 14.7. The first kappa shape index (κ1) is 22.3. The Balaban J connectivity index is 1.59. The molecule has 0 unspecified atom stereocenters. The molecule has 4 rings (SSSR count). The van der Waals surface area contributed by atoms with Gasteiger partial charge < -0.3 is 9.47 Å². The fourth-order valence-corrected chi connectivity index (χ4v) is 3.57. The molecule has 168 valence electrons. The summed E-state index contributed by atoms with van der Waals surface area (Å²) in [6.45, 7) is 0.375. The van der Waals surface area contributed by atoms with Crippen molar-refractivity contribution in [2.45, 2.75) is 18.4 Å². The van der Waals surface area contributed by atoms with Crippen LogP contribution in [0.15, 0.2) is 54.6 Å². The zero-order chi connectivity index (χ0) is 23.0. The van der Waals surface area contributed by atoms with Gasteiger partial charge in [0.1, 0.15) is 17.2 Å². The molecule has 1 fully saturated rings. The van der Waals surface area contributed by atoms with Gasteiger partial charge in [-0.3, -0.25) is 0 Å². The van der Waals surface area contributed by atoms with E-state index in [2.05, 4.69) is 0 Å². The molecule has 1 aliphatic rings. The first-order valence-electron chi connectivity index (χ1n) is 9.49. The van der Waals surface area contributed by atoms with E-state index in [1.807, 2.05) is 30.3 Å². The minimum absolute atomic E-state index is 0.0993. The van der Waals surface area contributed by atoms with Gasteiger partial charge in [-0.25, -0.2) is 17.6 Å². The Morgan fingerprint density at radius 1 is 0.750 bits per heavy atom. The average molecular weight is 456 g/mol. The zero-order valence-corrected chi connectivity index (χ0v) is 16.2.